The van der Waals surface area contributed by atoms with Crippen LogP contribution in [0.2, 0.25) is 0 Å². The monoisotopic (exact) mass is 675 g/mol. The molecule has 250 valence electrons. The molecule has 1 N–H and O–H groups in total. The maximum atomic E-state index is 13.2. The SMILES string of the molecule is CC1(C)OB(c2ccc(CSc3nc(=O)c4c(n3CC(=O)NCc3ccc(-c5ccc(C(F)(F)F)cc5)cc3)CCC4)cc2)OC1(C)C. The molecule has 0 radical (unpaired) electrons. The molecule has 2 aliphatic rings. The van der Waals surface area contributed by atoms with E-state index in [2.05, 4.69) is 10.3 Å². The lowest BCUT2D eigenvalue weighted by atomic mass is 9.79. The number of carbonyl (C=O) groups is 1. The third-order valence-corrected chi connectivity index (χ3v) is 10.4. The van der Waals surface area contributed by atoms with Crippen LogP contribution < -0.4 is 16.3 Å². The predicted octanol–water partition coefficient (Wildman–Crippen LogP) is 6.33. The molecule has 0 unspecified atom stereocenters. The second-order valence-electron chi connectivity index (χ2n) is 13.2. The highest BCUT2D eigenvalue weighted by atomic mass is 32.2. The zero-order valence-electron chi connectivity index (χ0n) is 27.3. The summed E-state index contributed by atoms with van der Waals surface area (Å²) >= 11 is 1.42. The van der Waals surface area contributed by atoms with Crippen LogP contribution in [0.3, 0.4) is 0 Å². The van der Waals surface area contributed by atoms with Gasteiger partial charge in [-0.05, 0) is 86.8 Å². The Labute approximate surface area is 282 Å². The number of halogens is 3. The van der Waals surface area contributed by atoms with Gasteiger partial charge in [-0.1, -0.05) is 72.4 Å². The largest absolute Gasteiger partial charge is 0.494 e. The summed E-state index contributed by atoms with van der Waals surface area (Å²) in [5, 5.41) is 3.46. The molecule has 12 heteroatoms. The van der Waals surface area contributed by atoms with Crippen molar-refractivity contribution in [1.82, 2.24) is 14.9 Å². The first-order chi connectivity index (χ1) is 22.7. The first kappa shape index (κ1) is 34.0. The van der Waals surface area contributed by atoms with Crippen LogP contribution in [0.4, 0.5) is 13.2 Å². The normalized spacial score (nSPS) is 16.6. The van der Waals surface area contributed by atoms with Gasteiger partial charge in [0.2, 0.25) is 5.91 Å². The molecule has 1 aromatic heterocycles. The van der Waals surface area contributed by atoms with Gasteiger partial charge in [0.15, 0.2) is 5.16 Å². The number of amides is 1. The average molecular weight is 676 g/mol. The summed E-state index contributed by atoms with van der Waals surface area (Å²) < 4.78 is 52.9. The Balaban J connectivity index is 1.09. The van der Waals surface area contributed by atoms with Gasteiger partial charge < -0.3 is 19.2 Å². The number of hydrogen-bond donors (Lipinski definition) is 1. The number of aromatic nitrogens is 2. The number of nitrogens with one attached hydrogen (secondary N) is 1. The molecule has 0 bridgehead atoms. The predicted molar refractivity (Wildman–Crippen MR) is 181 cm³/mol. The molecular weight excluding hydrogens is 638 g/mol. The van der Waals surface area contributed by atoms with E-state index in [1.165, 1.54) is 23.9 Å². The summed E-state index contributed by atoms with van der Waals surface area (Å²) in [6.07, 6.45) is -2.18. The fourth-order valence-corrected chi connectivity index (χ4v) is 6.79. The average Bonchev–Trinajstić information content (AvgIpc) is 3.63. The van der Waals surface area contributed by atoms with Crippen molar-refractivity contribution < 1.29 is 27.3 Å². The second-order valence-corrected chi connectivity index (χ2v) is 14.2. The van der Waals surface area contributed by atoms with Gasteiger partial charge in [0.1, 0.15) is 6.54 Å². The Morgan fingerprint density at radius 3 is 2.08 bits per heavy atom. The van der Waals surface area contributed by atoms with Gasteiger partial charge >= 0.3 is 13.3 Å². The van der Waals surface area contributed by atoms with Gasteiger partial charge in [-0.15, -0.1) is 0 Å². The zero-order valence-corrected chi connectivity index (χ0v) is 28.1. The number of carbonyl (C=O) groups excluding carboxylic acids is 1. The molecule has 1 amide bonds. The molecule has 0 spiro atoms. The molecule has 3 aromatic carbocycles. The number of alkyl halides is 3. The van der Waals surface area contributed by atoms with Crippen molar-refractivity contribution in [2.24, 2.45) is 0 Å². The van der Waals surface area contributed by atoms with Crippen molar-refractivity contribution in [3.8, 4) is 11.1 Å². The van der Waals surface area contributed by atoms with E-state index in [9.17, 15) is 22.8 Å². The quantitative estimate of drug-likeness (QED) is 0.127. The van der Waals surface area contributed by atoms with Crippen molar-refractivity contribution in [1.29, 1.82) is 0 Å². The Bertz CT molecular complexity index is 1840. The summed E-state index contributed by atoms with van der Waals surface area (Å²) in [6, 6.07) is 20.3. The first-order valence-electron chi connectivity index (χ1n) is 15.9. The number of rotatable bonds is 9. The smallest absolute Gasteiger partial charge is 0.399 e. The topological polar surface area (TPSA) is 82.5 Å². The number of fused-ring (bicyclic) bond motifs is 1. The van der Waals surface area contributed by atoms with E-state index in [-0.39, 0.29) is 24.6 Å². The first-order valence-corrected chi connectivity index (χ1v) is 16.9. The summed E-state index contributed by atoms with van der Waals surface area (Å²) in [4.78, 5) is 30.4. The van der Waals surface area contributed by atoms with E-state index in [1.807, 2.05) is 80.8 Å². The van der Waals surface area contributed by atoms with E-state index in [0.717, 1.165) is 46.4 Å². The molecular formula is C36H37BF3N3O4S. The molecule has 2 heterocycles. The number of thioether (sulfide) groups is 1. The van der Waals surface area contributed by atoms with Crippen LogP contribution in [-0.4, -0.2) is 33.8 Å². The van der Waals surface area contributed by atoms with Crippen LogP contribution in [0, 0.1) is 0 Å². The molecule has 6 rings (SSSR count). The van der Waals surface area contributed by atoms with E-state index >= 15 is 0 Å². The molecule has 1 aliphatic carbocycles. The molecule has 1 saturated heterocycles. The van der Waals surface area contributed by atoms with Crippen LogP contribution in [0.25, 0.3) is 11.1 Å². The van der Waals surface area contributed by atoms with Gasteiger partial charge in [0.25, 0.3) is 5.56 Å². The van der Waals surface area contributed by atoms with Crippen LogP contribution in [0.5, 0.6) is 0 Å². The van der Waals surface area contributed by atoms with Crippen molar-refractivity contribution in [2.45, 2.75) is 88.3 Å². The van der Waals surface area contributed by atoms with Gasteiger partial charge in [0.05, 0.1) is 16.8 Å². The number of nitrogens with zero attached hydrogens (tertiary/aromatic N) is 2. The van der Waals surface area contributed by atoms with Gasteiger partial charge in [0, 0.05) is 23.6 Å². The maximum absolute atomic E-state index is 13.2. The maximum Gasteiger partial charge on any atom is 0.494 e. The Morgan fingerprint density at radius 2 is 1.48 bits per heavy atom. The number of hydrogen-bond acceptors (Lipinski definition) is 6. The summed E-state index contributed by atoms with van der Waals surface area (Å²) in [7, 11) is -0.448. The standard InChI is InChI=1S/C36H37BF3N3O4S/c1-34(2)35(3,4)47-37(46-34)28-18-10-24(11-19-28)22-48-33-42-32(45)29-6-5-7-30(29)43(33)21-31(44)41-20-23-8-12-25(13-9-23)26-14-16-27(17-15-26)36(38,39)40/h8-19H,5-7,20-22H2,1-4H3,(H,41,44). The molecule has 1 fully saturated rings. The molecule has 0 saturated carbocycles. The van der Waals surface area contributed by atoms with E-state index < -0.39 is 30.1 Å². The lowest BCUT2D eigenvalue weighted by molar-refractivity contribution is -0.137. The van der Waals surface area contributed by atoms with Crippen molar-refractivity contribution in [3.05, 3.63) is 111 Å². The highest BCUT2D eigenvalue weighted by molar-refractivity contribution is 7.98. The third kappa shape index (κ3) is 7.25. The molecule has 4 aromatic rings. The molecule has 7 nitrogen and oxygen atoms in total. The fourth-order valence-electron chi connectivity index (χ4n) is 5.82. The van der Waals surface area contributed by atoms with Crippen molar-refractivity contribution in [2.75, 3.05) is 0 Å². The van der Waals surface area contributed by atoms with Crippen molar-refractivity contribution in [3.63, 3.8) is 0 Å². The van der Waals surface area contributed by atoms with Gasteiger partial charge in [-0.3, -0.25) is 9.59 Å². The van der Waals surface area contributed by atoms with Crippen LogP contribution in [-0.2, 0) is 52.0 Å². The van der Waals surface area contributed by atoms with E-state index in [1.54, 1.807) is 0 Å². The Morgan fingerprint density at radius 1 is 0.896 bits per heavy atom. The number of benzene rings is 3. The van der Waals surface area contributed by atoms with Crippen molar-refractivity contribution >= 4 is 30.3 Å². The molecule has 0 atom stereocenters. The minimum absolute atomic E-state index is 0.0302. The van der Waals surface area contributed by atoms with Crippen LogP contribution >= 0.6 is 11.8 Å². The lowest BCUT2D eigenvalue weighted by Gasteiger charge is -2.32. The highest BCUT2D eigenvalue weighted by Gasteiger charge is 2.51. The summed E-state index contributed by atoms with van der Waals surface area (Å²) in [5.74, 6) is 0.344. The van der Waals surface area contributed by atoms with Gasteiger partial charge in [-0.25, -0.2) is 0 Å². The fraction of sp³-hybridized carbons (Fsp3) is 0.361. The highest BCUT2D eigenvalue weighted by Crippen LogP contribution is 2.36. The Hall–Kier alpha value is -3.87. The summed E-state index contributed by atoms with van der Waals surface area (Å²) in [6.45, 7) is 8.39. The van der Waals surface area contributed by atoms with Crippen LogP contribution in [0.1, 0.15) is 62.1 Å². The van der Waals surface area contributed by atoms with Crippen LogP contribution in [0.15, 0.2) is 82.7 Å². The molecule has 48 heavy (non-hydrogen) atoms. The van der Waals surface area contributed by atoms with Gasteiger partial charge in [-0.2, -0.15) is 18.2 Å². The zero-order chi connectivity index (χ0) is 34.3. The lowest BCUT2D eigenvalue weighted by Crippen LogP contribution is -2.41. The minimum atomic E-state index is -4.38. The van der Waals surface area contributed by atoms with E-state index in [0.29, 0.717) is 34.9 Å². The Kier molecular flexibility index (Phi) is 9.36. The summed E-state index contributed by atoms with van der Waals surface area (Å²) in [5.41, 5.74) is 4.03. The third-order valence-electron chi connectivity index (χ3n) is 9.36. The molecule has 1 aliphatic heterocycles. The minimum Gasteiger partial charge on any atom is -0.399 e. The van der Waals surface area contributed by atoms with E-state index in [4.69, 9.17) is 9.31 Å². The second kappa shape index (κ2) is 13.2.